The highest BCUT2D eigenvalue weighted by Gasteiger charge is 2.47. The number of halogens is 2. The lowest BCUT2D eigenvalue weighted by Gasteiger charge is -2.35. The predicted octanol–water partition coefficient (Wildman–Crippen LogP) is 0.221. The smallest absolute Gasteiger partial charge is 0.317 e. The Morgan fingerprint density at radius 2 is 1.27 bits per heavy atom. The second-order valence-electron chi connectivity index (χ2n) is 15.7. The average molecular weight is 870 g/mol. The lowest BCUT2D eigenvalue weighted by atomic mass is 10.0. The maximum absolute atomic E-state index is 13.8. The summed E-state index contributed by atoms with van der Waals surface area (Å²) in [4.78, 5) is 87.7. The van der Waals surface area contributed by atoms with Crippen LogP contribution in [0.4, 0.5) is 8.78 Å². The monoisotopic (exact) mass is 869 g/mol. The van der Waals surface area contributed by atoms with E-state index in [-0.39, 0.29) is 69.9 Å². The molecule has 0 bridgehead atoms. The van der Waals surface area contributed by atoms with E-state index in [0.29, 0.717) is 69.8 Å². The first-order chi connectivity index (χ1) is 29.6. The number of nitrogens with one attached hydrogen (secondary N) is 1. The van der Waals surface area contributed by atoms with Crippen LogP contribution < -0.4 is 5.32 Å². The van der Waals surface area contributed by atoms with E-state index in [1.54, 1.807) is 37.8 Å². The van der Waals surface area contributed by atoms with Crippen molar-refractivity contribution in [3.63, 3.8) is 0 Å². The zero-order valence-electron chi connectivity index (χ0n) is 34.4. The Balaban J connectivity index is 1.10. The number of carboxylic acids is 3. The van der Waals surface area contributed by atoms with Gasteiger partial charge < -0.3 is 35.2 Å². The largest absolute Gasteiger partial charge is 0.480 e. The van der Waals surface area contributed by atoms with E-state index in [9.17, 15) is 58.1 Å². The summed E-state index contributed by atoms with van der Waals surface area (Å²) < 4.78 is 33.8. The molecule has 0 saturated carbocycles. The molecule has 0 unspecified atom stereocenters. The molecule has 1 aromatic carbocycles. The minimum Gasteiger partial charge on any atom is -0.480 e. The Morgan fingerprint density at radius 1 is 0.758 bits per heavy atom. The Kier molecular flexibility index (Phi) is 17.2. The Hall–Kier alpha value is -5.66. The minimum absolute atomic E-state index is 0.0616. The highest BCUT2D eigenvalue weighted by atomic mass is 19.3. The van der Waals surface area contributed by atoms with E-state index in [1.807, 2.05) is 17.0 Å². The van der Waals surface area contributed by atoms with Gasteiger partial charge in [0.05, 0.1) is 63.6 Å². The maximum Gasteiger partial charge on any atom is 0.317 e. The van der Waals surface area contributed by atoms with Gasteiger partial charge in [0.25, 0.3) is 11.8 Å². The third kappa shape index (κ3) is 14.5. The summed E-state index contributed by atoms with van der Waals surface area (Å²) in [6, 6.07) is 9.23. The van der Waals surface area contributed by atoms with Crippen molar-refractivity contribution in [1.29, 1.82) is 5.26 Å². The number of aliphatic carboxylic acids is 3. The normalized spacial score (nSPS) is 20.1. The number of nitriles is 1. The van der Waals surface area contributed by atoms with Crippen molar-refractivity contribution in [2.75, 3.05) is 105 Å². The Bertz CT molecular complexity index is 1910. The summed E-state index contributed by atoms with van der Waals surface area (Å²) >= 11 is 0. The number of ether oxygens (including phenoxy) is 1. The molecule has 3 fully saturated rings. The highest BCUT2D eigenvalue weighted by Crippen LogP contribution is 2.31. The highest BCUT2D eigenvalue weighted by molar-refractivity contribution is 6.02. The van der Waals surface area contributed by atoms with Gasteiger partial charge in [0, 0.05) is 89.8 Å². The van der Waals surface area contributed by atoms with E-state index in [0.717, 1.165) is 10.5 Å². The van der Waals surface area contributed by atoms with Crippen LogP contribution in [0.5, 0.6) is 0 Å². The number of amides is 3. The third-order valence-corrected chi connectivity index (χ3v) is 11.1. The molecule has 336 valence electrons. The fraction of sp³-hybridized carbons (Fsp3) is 0.561. The minimum atomic E-state index is -3.17. The molecule has 1 atom stereocenters. The quantitative estimate of drug-likeness (QED) is 0.187. The van der Waals surface area contributed by atoms with Gasteiger partial charge in [0.2, 0.25) is 11.8 Å². The lowest BCUT2D eigenvalue weighted by Crippen LogP contribution is -2.51. The summed E-state index contributed by atoms with van der Waals surface area (Å²) in [5, 5.41) is 40.1. The maximum atomic E-state index is 13.8. The third-order valence-electron chi connectivity index (χ3n) is 11.1. The molecule has 1 aromatic heterocycles. The second-order valence-corrected chi connectivity index (χ2v) is 15.7. The predicted molar refractivity (Wildman–Crippen MR) is 216 cm³/mol. The van der Waals surface area contributed by atoms with Gasteiger partial charge in [-0.15, -0.1) is 0 Å². The molecule has 19 nitrogen and oxygen atoms in total. The van der Waals surface area contributed by atoms with Crippen LogP contribution in [0.1, 0.15) is 35.2 Å². The van der Waals surface area contributed by atoms with Gasteiger partial charge in [-0.05, 0) is 30.0 Å². The number of aromatic nitrogens is 1. The van der Waals surface area contributed by atoms with E-state index in [4.69, 9.17) is 4.74 Å². The number of carbonyl (C=O) groups excluding carboxylic acids is 3. The van der Waals surface area contributed by atoms with Crippen molar-refractivity contribution in [3.05, 3.63) is 53.9 Å². The van der Waals surface area contributed by atoms with Crippen LogP contribution in [0, 0.1) is 11.3 Å². The fourth-order valence-corrected chi connectivity index (χ4v) is 7.71. The van der Waals surface area contributed by atoms with Crippen LogP contribution in [-0.4, -0.2) is 208 Å². The van der Waals surface area contributed by atoms with Crippen LogP contribution in [0.3, 0.4) is 0 Å². The number of piperidine rings is 1. The number of carbonyl (C=O) groups is 6. The number of carboxylic acid groups (broad SMARTS) is 3. The number of likely N-dealkylation sites (tertiary alicyclic amines) is 2. The first-order valence-electron chi connectivity index (χ1n) is 20.4. The molecular formula is C41H53F2N9O10. The SMILES string of the molecule is N#C[C@@H]1CC(F)(F)CN1C(=O)CNC(=O)c1ccncc1-c1ccc(COC2CCN(C(=O)CN3CCN(CC(=O)O)CCN(CC(=O)O)CCN(CC(=O)O)CC3)CC2)cc1. The molecule has 5 rings (SSSR count). The molecule has 21 heteroatoms. The van der Waals surface area contributed by atoms with Gasteiger partial charge in [0.15, 0.2) is 0 Å². The summed E-state index contributed by atoms with van der Waals surface area (Å²) in [7, 11) is 0. The zero-order chi connectivity index (χ0) is 44.8. The number of benzene rings is 1. The number of pyridine rings is 1. The van der Waals surface area contributed by atoms with E-state index in [2.05, 4.69) is 10.3 Å². The van der Waals surface area contributed by atoms with Crippen molar-refractivity contribution >= 4 is 35.6 Å². The van der Waals surface area contributed by atoms with Crippen LogP contribution in [0.2, 0.25) is 0 Å². The van der Waals surface area contributed by atoms with E-state index < -0.39 is 61.2 Å². The van der Waals surface area contributed by atoms with Gasteiger partial charge in [-0.25, -0.2) is 8.78 Å². The first-order valence-corrected chi connectivity index (χ1v) is 20.4. The summed E-state index contributed by atoms with van der Waals surface area (Å²) in [6.07, 6.45) is 3.27. The molecule has 0 spiro atoms. The van der Waals surface area contributed by atoms with Gasteiger partial charge >= 0.3 is 17.9 Å². The summed E-state index contributed by atoms with van der Waals surface area (Å²) in [6.45, 7) is 1.56. The lowest BCUT2D eigenvalue weighted by molar-refractivity contribution is -0.141. The number of alkyl halides is 2. The number of rotatable bonds is 15. The Morgan fingerprint density at radius 3 is 1.77 bits per heavy atom. The molecule has 0 radical (unpaired) electrons. The molecule has 4 N–H and O–H groups in total. The van der Waals surface area contributed by atoms with Crippen molar-refractivity contribution in [2.24, 2.45) is 0 Å². The molecule has 3 aliphatic rings. The number of hydrogen-bond donors (Lipinski definition) is 4. The van der Waals surface area contributed by atoms with Gasteiger partial charge in [-0.3, -0.25) is 53.4 Å². The second kappa shape index (κ2) is 22.4. The zero-order valence-corrected chi connectivity index (χ0v) is 34.4. The van der Waals surface area contributed by atoms with E-state index in [1.165, 1.54) is 18.5 Å². The van der Waals surface area contributed by atoms with Gasteiger partial charge in [-0.1, -0.05) is 24.3 Å². The molecule has 4 heterocycles. The van der Waals surface area contributed by atoms with Crippen molar-refractivity contribution in [2.45, 2.75) is 43.9 Å². The van der Waals surface area contributed by atoms with E-state index >= 15 is 0 Å². The summed E-state index contributed by atoms with van der Waals surface area (Å²) in [5.41, 5.74) is 2.23. The van der Waals surface area contributed by atoms with Crippen molar-refractivity contribution < 1.29 is 57.6 Å². The fourth-order valence-electron chi connectivity index (χ4n) is 7.71. The molecular weight excluding hydrogens is 816 g/mol. The van der Waals surface area contributed by atoms with Crippen molar-refractivity contribution in [1.82, 2.24) is 39.7 Å². The van der Waals surface area contributed by atoms with Crippen molar-refractivity contribution in [3.8, 4) is 17.2 Å². The Labute approximate surface area is 357 Å². The molecule has 3 amide bonds. The molecule has 2 aromatic rings. The van der Waals surface area contributed by atoms with Gasteiger partial charge in [-0.2, -0.15) is 5.26 Å². The standard InChI is InChI=1S/C41H53F2N9O10/c42-41(43)19-31(20-44)52(28-41)35(53)22-46-40(61)33-5-8-45-21-34(33)30-3-1-29(2-4-30)27-62-32-6-9-51(10-7-32)36(54)23-47-11-13-48(24-37(55)56)15-17-50(26-39(59)60)18-16-49(14-12-47)25-38(57)58/h1-5,8,21,31-32H,6-7,9-19,22-28H2,(H,46,61)(H,55,56)(H,57,58)(H,59,60)/t31-/m0/s1. The van der Waals surface area contributed by atoms with Crippen LogP contribution in [0.25, 0.3) is 11.1 Å². The molecule has 3 aliphatic heterocycles. The first kappa shape index (κ1) is 47.4. The molecule has 62 heavy (non-hydrogen) atoms. The van der Waals surface area contributed by atoms with Crippen LogP contribution in [0.15, 0.2) is 42.7 Å². The number of nitrogens with zero attached hydrogens (tertiary/aromatic N) is 8. The summed E-state index contributed by atoms with van der Waals surface area (Å²) in [5.74, 6) is -7.75. The number of hydrogen-bond acceptors (Lipinski definition) is 13. The topological polar surface area (TPSA) is 240 Å². The molecule has 3 saturated heterocycles. The van der Waals surface area contributed by atoms with Crippen LogP contribution in [-0.2, 0) is 35.3 Å². The molecule has 0 aliphatic carbocycles. The van der Waals surface area contributed by atoms with Gasteiger partial charge in [0.1, 0.15) is 6.04 Å². The van der Waals surface area contributed by atoms with Crippen LogP contribution >= 0.6 is 0 Å². The average Bonchev–Trinajstić information content (AvgIpc) is 3.56.